The van der Waals surface area contributed by atoms with E-state index in [1.54, 1.807) is 25.1 Å². The number of oxime groups is 1. The number of nitrogens with zero attached hydrogens (tertiary/aromatic N) is 2. The lowest BCUT2D eigenvalue weighted by atomic mass is 10.1. The van der Waals surface area contributed by atoms with E-state index in [0.717, 1.165) is 12.3 Å². The van der Waals surface area contributed by atoms with E-state index in [1.807, 2.05) is 0 Å². The summed E-state index contributed by atoms with van der Waals surface area (Å²) in [5.41, 5.74) is 0.377. The Kier molecular flexibility index (Phi) is 5.49. The molecule has 0 amide bonds. The fourth-order valence-corrected chi connectivity index (χ4v) is 2.21. The summed E-state index contributed by atoms with van der Waals surface area (Å²) in [4.78, 5) is 8.67. The predicted molar refractivity (Wildman–Crippen MR) is 83.9 cm³/mol. The first-order valence-electron chi connectivity index (χ1n) is 6.51. The molecule has 0 saturated carbocycles. The highest BCUT2D eigenvalue weighted by Gasteiger charge is 2.31. The Hall–Kier alpha value is -1.79. The molecular weight excluding hydrogens is 352 g/mol. The molecule has 2 rings (SSSR count). The molecule has 3 nitrogen and oxygen atoms in total. The number of halogens is 5. The number of hydrogen-bond donors (Lipinski definition) is 0. The Labute approximate surface area is 140 Å². The molecule has 0 N–H and O–H groups in total. The molecule has 0 spiro atoms. The number of pyridine rings is 1. The van der Waals surface area contributed by atoms with Crippen molar-refractivity contribution in [1.29, 1.82) is 0 Å². The predicted octanol–water partition coefficient (Wildman–Crippen LogP) is 5.44. The van der Waals surface area contributed by atoms with Gasteiger partial charge in [0.15, 0.2) is 0 Å². The Morgan fingerprint density at radius 2 is 1.96 bits per heavy atom. The van der Waals surface area contributed by atoms with Crippen molar-refractivity contribution in [3.63, 3.8) is 0 Å². The van der Waals surface area contributed by atoms with Gasteiger partial charge in [0.2, 0.25) is 0 Å². The van der Waals surface area contributed by atoms with Crippen molar-refractivity contribution in [2.75, 3.05) is 6.61 Å². The fraction of sp³-hybridized carbons (Fsp3) is 0.200. The van der Waals surface area contributed by atoms with Crippen LogP contribution in [-0.2, 0) is 11.0 Å². The third-order valence-corrected chi connectivity index (χ3v) is 3.47. The Bertz CT molecular complexity index is 733. The van der Waals surface area contributed by atoms with Crippen molar-refractivity contribution in [3.05, 3.63) is 51.6 Å². The molecule has 23 heavy (non-hydrogen) atoms. The highest BCUT2D eigenvalue weighted by Crippen LogP contribution is 2.34. The smallest absolute Gasteiger partial charge is 0.396 e. The van der Waals surface area contributed by atoms with E-state index in [-0.39, 0.29) is 10.7 Å². The van der Waals surface area contributed by atoms with Crippen molar-refractivity contribution in [1.82, 2.24) is 4.98 Å². The summed E-state index contributed by atoms with van der Waals surface area (Å²) in [7, 11) is 0. The van der Waals surface area contributed by atoms with E-state index in [0.29, 0.717) is 22.8 Å². The van der Waals surface area contributed by atoms with Crippen molar-refractivity contribution in [2.45, 2.75) is 13.1 Å². The zero-order chi connectivity index (χ0) is 17.0. The molecule has 0 radical (unpaired) electrons. The van der Waals surface area contributed by atoms with Crippen LogP contribution in [0.15, 0.2) is 35.6 Å². The molecule has 1 aromatic carbocycles. The summed E-state index contributed by atoms with van der Waals surface area (Å²) in [6.45, 7) is 2.18. The highest BCUT2D eigenvalue weighted by atomic mass is 35.5. The highest BCUT2D eigenvalue weighted by molar-refractivity contribution is 6.34. The third kappa shape index (κ3) is 4.36. The zero-order valence-corrected chi connectivity index (χ0v) is 13.4. The van der Waals surface area contributed by atoms with E-state index >= 15 is 0 Å². The number of aromatic nitrogens is 1. The first-order chi connectivity index (χ1) is 10.8. The molecule has 0 aliphatic carbocycles. The molecule has 0 atom stereocenters. The molecule has 1 heterocycles. The summed E-state index contributed by atoms with van der Waals surface area (Å²) >= 11 is 12.0. The van der Waals surface area contributed by atoms with Crippen molar-refractivity contribution in [3.8, 4) is 11.3 Å². The van der Waals surface area contributed by atoms with Gasteiger partial charge in [-0.1, -0.05) is 34.4 Å². The first kappa shape index (κ1) is 17.6. The van der Waals surface area contributed by atoms with Gasteiger partial charge in [0, 0.05) is 22.3 Å². The van der Waals surface area contributed by atoms with Gasteiger partial charge < -0.3 is 4.84 Å². The summed E-state index contributed by atoms with van der Waals surface area (Å²) < 4.78 is 37.9. The molecule has 8 heteroatoms. The van der Waals surface area contributed by atoms with Gasteiger partial charge in [-0.05, 0) is 25.1 Å². The second-order valence-electron chi connectivity index (χ2n) is 4.44. The maximum Gasteiger partial charge on any atom is 0.417 e. The number of benzene rings is 1. The summed E-state index contributed by atoms with van der Waals surface area (Å²) in [5.74, 6) is 0. The zero-order valence-electron chi connectivity index (χ0n) is 11.9. The normalized spacial score (nSPS) is 11.9. The van der Waals surface area contributed by atoms with Crippen molar-refractivity contribution >= 4 is 29.4 Å². The number of hydrogen-bond acceptors (Lipinski definition) is 3. The minimum absolute atomic E-state index is 0.102. The molecule has 1 aromatic heterocycles. The first-order valence-corrected chi connectivity index (χ1v) is 7.26. The standard InChI is InChI=1S/C15H11Cl2F3N2O/c1-2-23-22-7-10-5-9(3-4-12(10)16)14-13(17)6-11(8-21-14)15(18,19)20/h3-8H,2H2,1H3. The van der Waals surface area contributed by atoms with Crippen LogP contribution in [-0.4, -0.2) is 17.8 Å². The van der Waals surface area contributed by atoms with Crippen LogP contribution in [0.3, 0.4) is 0 Å². The fourth-order valence-electron chi connectivity index (χ4n) is 1.76. The molecule has 0 aliphatic heterocycles. The summed E-state index contributed by atoms with van der Waals surface area (Å²) in [6, 6.07) is 5.65. The molecule has 0 unspecified atom stereocenters. The topological polar surface area (TPSA) is 34.5 Å². The average Bonchev–Trinajstić information content (AvgIpc) is 2.48. The Morgan fingerprint density at radius 3 is 2.57 bits per heavy atom. The van der Waals surface area contributed by atoms with Crippen LogP contribution in [0.2, 0.25) is 10.0 Å². The lowest BCUT2D eigenvalue weighted by Gasteiger charge is -2.10. The van der Waals surface area contributed by atoms with Crippen LogP contribution >= 0.6 is 23.2 Å². The second-order valence-corrected chi connectivity index (χ2v) is 5.26. The maximum absolute atomic E-state index is 12.6. The second kappa shape index (κ2) is 7.19. The van der Waals surface area contributed by atoms with Crippen molar-refractivity contribution < 1.29 is 18.0 Å². The lowest BCUT2D eigenvalue weighted by molar-refractivity contribution is -0.137. The van der Waals surface area contributed by atoms with E-state index in [4.69, 9.17) is 28.0 Å². The van der Waals surface area contributed by atoms with Gasteiger partial charge in [0.25, 0.3) is 0 Å². The van der Waals surface area contributed by atoms with Gasteiger partial charge in [0.1, 0.15) is 6.61 Å². The van der Waals surface area contributed by atoms with Crippen molar-refractivity contribution in [2.24, 2.45) is 5.16 Å². The molecule has 0 bridgehead atoms. The molecular formula is C15H11Cl2F3N2O. The van der Waals surface area contributed by atoms with Crippen LogP contribution in [0.4, 0.5) is 13.2 Å². The van der Waals surface area contributed by atoms with Crippen LogP contribution < -0.4 is 0 Å². The minimum atomic E-state index is -4.50. The minimum Gasteiger partial charge on any atom is -0.396 e. The van der Waals surface area contributed by atoms with Crippen LogP contribution in [0.1, 0.15) is 18.1 Å². The summed E-state index contributed by atoms with van der Waals surface area (Å²) in [5, 5.41) is 4.03. The maximum atomic E-state index is 12.6. The van der Waals surface area contributed by atoms with E-state index in [1.165, 1.54) is 6.21 Å². The van der Waals surface area contributed by atoms with E-state index in [9.17, 15) is 13.2 Å². The largest absolute Gasteiger partial charge is 0.417 e. The number of rotatable bonds is 4. The molecule has 0 saturated heterocycles. The lowest BCUT2D eigenvalue weighted by Crippen LogP contribution is -2.05. The van der Waals surface area contributed by atoms with E-state index < -0.39 is 11.7 Å². The molecule has 2 aromatic rings. The van der Waals surface area contributed by atoms with Gasteiger partial charge in [-0.2, -0.15) is 13.2 Å². The van der Waals surface area contributed by atoms with Gasteiger partial charge in [-0.25, -0.2) is 0 Å². The van der Waals surface area contributed by atoms with Crippen LogP contribution in [0, 0.1) is 0 Å². The van der Waals surface area contributed by atoms with Gasteiger partial charge in [-0.15, -0.1) is 0 Å². The Balaban J connectivity index is 2.41. The third-order valence-electron chi connectivity index (χ3n) is 2.83. The Morgan fingerprint density at radius 1 is 1.22 bits per heavy atom. The van der Waals surface area contributed by atoms with Gasteiger partial charge in [0.05, 0.1) is 22.5 Å². The molecule has 0 aliphatic rings. The van der Waals surface area contributed by atoms with Gasteiger partial charge >= 0.3 is 6.18 Å². The van der Waals surface area contributed by atoms with Crippen LogP contribution in [0.25, 0.3) is 11.3 Å². The SMILES string of the molecule is CCON=Cc1cc(-c2ncc(C(F)(F)F)cc2Cl)ccc1Cl. The van der Waals surface area contributed by atoms with E-state index in [2.05, 4.69) is 10.1 Å². The van der Waals surface area contributed by atoms with Gasteiger partial charge in [-0.3, -0.25) is 4.98 Å². The summed E-state index contributed by atoms with van der Waals surface area (Å²) in [6.07, 6.45) is -2.35. The average molecular weight is 363 g/mol. The molecule has 122 valence electrons. The monoisotopic (exact) mass is 362 g/mol. The number of alkyl halides is 3. The molecule has 0 fully saturated rings. The quantitative estimate of drug-likeness (QED) is 0.535. The van der Waals surface area contributed by atoms with Crippen LogP contribution in [0.5, 0.6) is 0 Å².